The molecular weight excluding hydrogens is 166 g/mol. The van der Waals surface area contributed by atoms with Crippen molar-refractivity contribution in [3.8, 4) is 0 Å². The largest absolute Gasteiger partial charge is 0.318 e. The van der Waals surface area contributed by atoms with Gasteiger partial charge >= 0.3 is 0 Å². The van der Waals surface area contributed by atoms with Gasteiger partial charge in [0, 0.05) is 19.5 Å². The van der Waals surface area contributed by atoms with Crippen LogP contribution in [0.1, 0.15) is 12.8 Å². The van der Waals surface area contributed by atoms with Gasteiger partial charge in [-0.1, -0.05) is 0 Å². The van der Waals surface area contributed by atoms with Crippen LogP contribution in [0.5, 0.6) is 0 Å². The van der Waals surface area contributed by atoms with Gasteiger partial charge in [0.2, 0.25) is 5.91 Å². The molecule has 0 bridgehead atoms. The highest BCUT2D eigenvalue weighted by atomic mass is 19.3. The zero-order chi connectivity index (χ0) is 8.77. The van der Waals surface area contributed by atoms with Crippen LogP contribution in [0.25, 0.3) is 0 Å². The first-order valence-corrected chi connectivity index (χ1v) is 4.00. The van der Waals surface area contributed by atoms with Crippen LogP contribution in [0.2, 0.25) is 0 Å². The summed E-state index contributed by atoms with van der Waals surface area (Å²) < 4.78 is 25.2. The Morgan fingerprint density at radius 2 is 2.33 bits per heavy atom. The Kier molecular flexibility index (Phi) is 1.57. The minimum Gasteiger partial charge on any atom is -0.318 e. The summed E-state index contributed by atoms with van der Waals surface area (Å²) in [6, 6.07) is 0. The van der Waals surface area contributed by atoms with Gasteiger partial charge in [0.1, 0.15) is 0 Å². The third-order valence-electron chi connectivity index (χ3n) is 2.63. The van der Waals surface area contributed by atoms with Crippen molar-refractivity contribution in [2.24, 2.45) is 0 Å². The van der Waals surface area contributed by atoms with E-state index in [0.29, 0.717) is 13.1 Å². The number of nitrogens with one attached hydrogen (secondary N) is 1. The molecule has 0 spiro atoms. The van der Waals surface area contributed by atoms with Crippen LogP contribution < -0.4 is 5.32 Å². The van der Waals surface area contributed by atoms with E-state index in [4.69, 9.17) is 0 Å². The predicted octanol–water partition coefficient (Wildman–Crippen LogP) is 0.173. The van der Waals surface area contributed by atoms with E-state index < -0.39 is 12.1 Å². The lowest BCUT2D eigenvalue weighted by atomic mass is 10.1. The van der Waals surface area contributed by atoms with Gasteiger partial charge < -0.3 is 4.90 Å². The maximum Gasteiger partial charge on any atom is 0.274 e. The highest BCUT2D eigenvalue weighted by molar-refractivity contribution is 5.80. The van der Waals surface area contributed by atoms with Gasteiger partial charge in [-0.15, -0.1) is 0 Å². The topological polar surface area (TPSA) is 32.3 Å². The molecule has 0 unspecified atom stereocenters. The summed E-state index contributed by atoms with van der Waals surface area (Å²) in [6.07, 6.45) is -1.99. The molecule has 2 heterocycles. The van der Waals surface area contributed by atoms with Crippen molar-refractivity contribution in [1.29, 1.82) is 0 Å². The van der Waals surface area contributed by atoms with E-state index in [9.17, 15) is 13.6 Å². The van der Waals surface area contributed by atoms with Gasteiger partial charge in [-0.3, -0.25) is 10.1 Å². The second-order valence-corrected chi connectivity index (χ2v) is 3.20. The van der Waals surface area contributed by atoms with Gasteiger partial charge in [0.05, 0.1) is 0 Å². The van der Waals surface area contributed by atoms with Crippen molar-refractivity contribution in [3.63, 3.8) is 0 Å². The Morgan fingerprint density at radius 3 is 2.92 bits per heavy atom. The summed E-state index contributed by atoms with van der Waals surface area (Å²) in [4.78, 5) is 12.4. The summed E-state index contributed by atoms with van der Waals surface area (Å²) in [5.74, 6) is -0.152. The fourth-order valence-electron chi connectivity index (χ4n) is 1.99. The number of amides is 1. The second kappa shape index (κ2) is 2.39. The Labute approximate surface area is 68.7 Å². The minimum absolute atomic E-state index is 0.152. The molecule has 2 aliphatic rings. The number of alkyl halides is 2. The monoisotopic (exact) mass is 176 g/mol. The van der Waals surface area contributed by atoms with E-state index in [-0.39, 0.29) is 18.7 Å². The Bertz CT molecular complexity index is 221. The third-order valence-corrected chi connectivity index (χ3v) is 2.63. The molecular formula is C7H10F2N2O. The van der Waals surface area contributed by atoms with E-state index >= 15 is 0 Å². The lowest BCUT2D eigenvalue weighted by Gasteiger charge is -2.30. The molecule has 0 saturated carbocycles. The number of fused-ring (bicyclic) bond motifs is 1. The zero-order valence-electron chi connectivity index (χ0n) is 6.52. The molecule has 0 aromatic rings. The summed E-state index contributed by atoms with van der Waals surface area (Å²) in [7, 11) is 0. The average molecular weight is 176 g/mol. The Hall–Kier alpha value is -0.710. The molecule has 2 aliphatic heterocycles. The van der Waals surface area contributed by atoms with Gasteiger partial charge in [-0.05, 0) is 6.42 Å². The molecule has 1 N–H and O–H groups in total. The quantitative estimate of drug-likeness (QED) is 0.617. The molecule has 2 saturated heterocycles. The molecule has 1 atom stereocenters. The van der Waals surface area contributed by atoms with Crippen molar-refractivity contribution in [1.82, 2.24) is 10.2 Å². The molecule has 2 fully saturated rings. The SMILES string of the molecule is O=C1CC[C@@]2(C(F)F)NCCN12. The smallest absolute Gasteiger partial charge is 0.274 e. The first-order valence-electron chi connectivity index (χ1n) is 4.00. The molecule has 0 radical (unpaired) electrons. The summed E-state index contributed by atoms with van der Waals surface area (Å²) >= 11 is 0. The minimum atomic E-state index is -2.48. The average Bonchev–Trinajstić information content (AvgIpc) is 2.53. The van der Waals surface area contributed by atoms with Gasteiger partial charge in [0.15, 0.2) is 5.66 Å². The molecule has 0 aromatic carbocycles. The summed E-state index contributed by atoms with van der Waals surface area (Å²) in [5, 5.41) is 2.72. The Balaban J connectivity index is 2.28. The van der Waals surface area contributed by atoms with E-state index in [1.165, 1.54) is 4.90 Å². The highest BCUT2D eigenvalue weighted by Gasteiger charge is 2.54. The van der Waals surface area contributed by atoms with Crippen molar-refractivity contribution in [2.75, 3.05) is 13.1 Å². The summed E-state index contributed by atoms with van der Waals surface area (Å²) in [5.41, 5.74) is -1.32. The van der Waals surface area contributed by atoms with Crippen LogP contribution in [0.4, 0.5) is 8.78 Å². The van der Waals surface area contributed by atoms with Crippen molar-refractivity contribution >= 4 is 5.91 Å². The highest BCUT2D eigenvalue weighted by Crippen LogP contribution is 2.35. The molecule has 0 aromatic heterocycles. The summed E-state index contributed by atoms with van der Waals surface area (Å²) in [6.45, 7) is 0.902. The second-order valence-electron chi connectivity index (χ2n) is 3.20. The number of nitrogens with zero attached hydrogens (tertiary/aromatic N) is 1. The molecule has 68 valence electrons. The molecule has 3 nitrogen and oxygen atoms in total. The van der Waals surface area contributed by atoms with E-state index in [1.54, 1.807) is 0 Å². The van der Waals surface area contributed by atoms with Crippen LogP contribution in [-0.2, 0) is 4.79 Å². The first-order chi connectivity index (χ1) is 5.67. The van der Waals surface area contributed by atoms with E-state index in [1.807, 2.05) is 0 Å². The van der Waals surface area contributed by atoms with Gasteiger partial charge in [0.25, 0.3) is 6.43 Å². The van der Waals surface area contributed by atoms with Crippen LogP contribution in [0.3, 0.4) is 0 Å². The van der Waals surface area contributed by atoms with Gasteiger partial charge in [-0.25, -0.2) is 8.78 Å². The molecule has 0 aliphatic carbocycles. The molecule has 5 heteroatoms. The number of rotatable bonds is 1. The maximum atomic E-state index is 12.6. The molecule has 2 rings (SSSR count). The van der Waals surface area contributed by atoms with Crippen molar-refractivity contribution in [2.45, 2.75) is 24.9 Å². The maximum absolute atomic E-state index is 12.6. The fourth-order valence-corrected chi connectivity index (χ4v) is 1.99. The molecule has 12 heavy (non-hydrogen) atoms. The number of carbonyl (C=O) groups is 1. The van der Waals surface area contributed by atoms with Crippen LogP contribution >= 0.6 is 0 Å². The number of hydrogen-bond donors (Lipinski definition) is 1. The third kappa shape index (κ3) is 0.798. The lowest BCUT2D eigenvalue weighted by molar-refractivity contribution is -0.134. The van der Waals surface area contributed by atoms with Crippen LogP contribution in [0.15, 0.2) is 0 Å². The van der Waals surface area contributed by atoms with E-state index in [2.05, 4.69) is 5.32 Å². The zero-order valence-corrected chi connectivity index (χ0v) is 6.52. The van der Waals surface area contributed by atoms with Crippen LogP contribution in [0, 0.1) is 0 Å². The predicted molar refractivity (Wildman–Crippen MR) is 37.7 cm³/mol. The molecule has 1 amide bonds. The van der Waals surface area contributed by atoms with Gasteiger partial charge in [-0.2, -0.15) is 0 Å². The van der Waals surface area contributed by atoms with Crippen molar-refractivity contribution in [3.05, 3.63) is 0 Å². The number of hydrogen-bond acceptors (Lipinski definition) is 2. The number of halogens is 2. The number of carbonyl (C=O) groups excluding carboxylic acids is 1. The lowest BCUT2D eigenvalue weighted by Crippen LogP contribution is -2.54. The Morgan fingerprint density at radius 1 is 1.58 bits per heavy atom. The van der Waals surface area contributed by atoms with Crippen molar-refractivity contribution < 1.29 is 13.6 Å². The first kappa shape index (κ1) is 7.91. The van der Waals surface area contributed by atoms with E-state index in [0.717, 1.165) is 0 Å². The normalized spacial score (nSPS) is 34.9. The fraction of sp³-hybridized carbons (Fsp3) is 0.857. The van der Waals surface area contributed by atoms with Crippen LogP contribution in [-0.4, -0.2) is 36.0 Å². The standard InChI is InChI=1S/C7H10F2N2O/c8-6(9)7-2-1-5(12)11(7)4-3-10-7/h6,10H,1-4H2/t7-/m1/s1.